The van der Waals surface area contributed by atoms with E-state index in [1.54, 1.807) is 17.8 Å². The van der Waals surface area contributed by atoms with E-state index in [2.05, 4.69) is 21.0 Å². The number of aromatic nitrogens is 2. The molecule has 1 heterocycles. The molecule has 6 heteroatoms. The molecule has 0 bridgehead atoms. The van der Waals surface area contributed by atoms with Gasteiger partial charge in [-0.2, -0.15) is 5.10 Å². The van der Waals surface area contributed by atoms with Gasteiger partial charge in [-0.25, -0.2) is 4.79 Å². The highest BCUT2D eigenvalue weighted by atomic mass is 79.9. The minimum Gasteiger partial charge on any atom is -0.463 e. The molecule has 0 aliphatic heterocycles. The maximum Gasteiger partial charge on any atom is 0.334 e. The average molecular weight is 339 g/mol. The van der Waals surface area contributed by atoms with E-state index in [4.69, 9.17) is 9.47 Å². The summed E-state index contributed by atoms with van der Waals surface area (Å²) in [6.07, 6.45) is 3.08. The van der Waals surface area contributed by atoms with Crippen LogP contribution in [0.1, 0.15) is 6.92 Å². The summed E-state index contributed by atoms with van der Waals surface area (Å²) in [5.74, 6) is 0.728. The van der Waals surface area contributed by atoms with Gasteiger partial charge in [0.25, 0.3) is 0 Å². The summed E-state index contributed by atoms with van der Waals surface area (Å²) in [6.45, 7) is 2.10. The first-order valence-corrected chi connectivity index (χ1v) is 7.29. The SMILES string of the molecule is CCOC(=O)C=C(CBr)Oc1cccc2c1cnn2C. The van der Waals surface area contributed by atoms with E-state index in [0.29, 0.717) is 23.4 Å². The van der Waals surface area contributed by atoms with Crippen LogP contribution >= 0.6 is 15.9 Å². The molecule has 0 aliphatic carbocycles. The topological polar surface area (TPSA) is 53.4 Å². The summed E-state index contributed by atoms with van der Waals surface area (Å²) in [4.78, 5) is 11.5. The number of allylic oxidation sites excluding steroid dienone is 1. The molecule has 0 N–H and O–H groups in total. The Morgan fingerprint density at radius 1 is 1.50 bits per heavy atom. The van der Waals surface area contributed by atoms with Crippen LogP contribution in [-0.2, 0) is 16.6 Å². The van der Waals surface area contributed by atoms with Gasteiger partial charge in [-0.05, 0) is 19.1 Å². The Kier molecular flexibility index (Phi) is 4.79. The molecule has 0 saturated heterocycles. The van der Waals surface area contributed by atoms with Crippen molar-refractivity contribution in [2.45, 2.75) is 6.92 Å². The fourth-order valence-corrected chi connectivity index (χ4v) is 2.07. The van der Waals surface area contributed by atoms with Gasteiger partial charge in [-0.1, -0.05) is 22.0 Å². The molecule has 0 saturated carbocycles. The van der Waals surface area contributed by atoms with Gasteiger partial charge in [0.05, 0.1) is 35.1 Å². The Balaban J connectivity index is 2.28. The number of halogens is 1. The number of alkyl halides is 1. The lowest BCUT2D eigenvalue weighted by Gasteiger charge is -2.08. The van der Waals surface area contributed by atoms with Crippen LogP contribution in [-0.4, -0.2) is 27.7 Å². The molecular formula is C14H15BrN2O3. The van der Waals surface area contributed by atoms with Crippen LogP contribution in [0.5, 0.6) is 5.75 Å². The highest BCUT2D eigenvalue weighted by Crippen LogP contribution is 2.26. The third kappa shape index (κ3) is 3.19. The molecule has 0 spiro atoms. The van der Waals surface area contributed by atoms with Crippen molar-refractivity contribution in [3.63, 3.8) is 0 Å². The Labute approximate surface area is 125 Å². The quantitative estimate of drug-likeness (QED) is 0.364. The van der Waals surface area contributed by atoms with E-state index in [0.717, 1.165) is 10.9 Å². The highest BCUT2D eigenvalue weighted by molar-refractivity contribution is 9.09. The van der Waals surface area contributed by atoms with Crippen LogP contribution in [0.25, 0.3) is 10.9 Å². The lowest BCUT2D eigenvalue weighted by Crippen LogP contribution is -2.05. The lowest BCUT2D eigenvalue weighted by molar-refractivity contribution is -0.137. The number of esters is 1. The van der Waals surface area contributed by atoms with Crippen LogP contribution in [0, 0.1) is 0 Å². The smallest absolute Gasteiger partial charge is 0.334 e. The standard InChI is InChI=1S/C14H15BrN2O3/c1-3-19-14(18)7-10(8-15)20-13-6-4-5-12-11(13)9-16-17(12)2/h4-7,9H,3,8H2,1-2H3. The van der Waals surface area contributed by atoms with Gasteiger partial charge in [0.2, 0.25) is 0 Å². The van der Waals surface area contributed by atoms with Crippen LogP contribution < -0.4 is 4.74 Å². The Hall–Kier alpha value is -1.82. The summed E-state index contributed by atoms with van der Waals surface area (Å²) in [6, 6.07) is 5.68. The van der Waals surface area contributed by atoms with E-state index in [1.165, 1.54) is 6.08 Å². The number of fused-ring (bicyclic) bond motifs is 1. The van der Waals surface area contributed by atoms with Crippen molar-refractivity contribution in [3.05, 3.63) is 36.2 Å². The number of benzene rings is 1. The van der Waals surface area contributed by atoms with Gasteiger partial charge in [0, 0.05) is 7.05 Å². The second-order valence-electron chi connectivity index (χ2n) is 4.06. The second-order valence-corrected chi connectivity index (χ2v) is 4.62. The summed E-state index contributed by atoms with van der Waals surface area (Å²) in [5.41, 5.74) is 0.965. The minimum atomic E-state index is -0.416. The lowest BCUT2D eigenvalue weighted by atomic mass is 10.2. The molecule has 1 aromatic heterocycles. The highest BCUT2D eigenvalue weighted by Gasteiger charge is 2.09. The summed E-state index contributed by atoms with van der Waals surface area (Å²) >= 11 is 3.30. The molecule has 5 nitrogen and oxygen atoms in total. The molecule has 20 heavy (non-hydrogen) atoms. The maximum atomic E-state index is 11.5. The molecule has 0 unspecified atom stereocenters. The first kappa shape index (κ1) is 14.6. The summed E-state index contributed by atoms with van der Waals surface area (Å²) in [5, 5.41) is 5.51. The van der Waals surface area contributed by atoms with Crippen molar-refractivity contribution >= 4 is 32.8 Å². The first-order valence-electron chi connectivity index (χ1n) is 6.17. The van der Waals surface area contributed by atoms with Crippen molar-refractivity contribution in [2.75, 3.05) is 11.9 Å². The third-order valence-corrected chi connectivity index (χ3v) is 3.24. The number of ether oxygens (including phenoxy) is 2. The number of aryl methyl sites for hydroxylation is 1. The zero-order chi connectivity index (χ0) is 14.5. The van der Waals surface area contributed by atoms with E-state index in [-0.39, 0.29) is 0 Å². The van der Waals surface area contributed by atoms with Crippen LogP contribution in [0.2, 0.25) is 0 Å². The summed E-state index contributed by atoms with van der Waals surface area (Å²) < 4.78 is 12.4. The number of nitrogens with zero attached hydrogens (tertiary/aromatic N) is 2. The Morgan fingerprint density at radius 2 is 2.30 bits per heavy atom. The number of carbonyl (C=O) groups excluding carboxylic acids is 1. The first-order chi connectivity index (χ1) is 9.65. The van der Waals surface area contributed by atoms with Gasteiger partial charge < -0.3 is 9.47 Å². The van der Waals surface area contributed by atoms with E-state index in [1.807, 2.05) is 25.2 Å². The minimum absolute atomic E-state index is 0.336. The number of hydrogen-bond donors (Lipinski definition) is 0. The van der Waals surface area contributed by atoms with Gasteiger partial charge in [0.1, 0.15) is 11.5 Å². The molecule has 0 atom stereocenters. The third-order valence-electron chi connectivity index (χ3n) is 2.69. The van der Waals surface area contributed by atoms with Crippen molar-refractivity contribution in [1.82, 2.24) is 9.78 Å². The molecule has 1 aromatic carbocycles. The maximum absolute atomic E-state index is 11.5. The molecule has 0 aliphatic rings. The van der Waals surface area contributed by atoms with Crippen molar-refractivity contribution in [2.24, 2.45) is 7.05 Å². The normalized spacial score (nSPS) is 11.7. The molecule has 2 rings (SSSR count). The largest absolute Gasteiger partial charge is 0.463 e. The summed E-state index contributed by atoms with van der Waals surface area (Å²) in [7, 11) is 1.87. The van der Waals surface area contributed by atoms with Crippen LogP contribution in [0.3, 0.4) is 0 Å². The van der Waals surface area contributed by atoms with Crippen molar-refractivity contribution in [1.29, 1.82) is 0 Å². The Morgan fingerprint density at radius 3 is 3.00 bits per heavy atom. The number of rotatable bonds is 5. The van der Waals surface area contributed by atoms with Crippen molar-refractivity contribution < 1.29 is 14.3 Å². The monoisotopic (exact) mass is 338 g/mol. The molecule has 2 aromatic rings. The van der Waals surface area contributed by atoms with Gasteiger partial charge in [-0.3, -0.25) is 4.68 Å². The molecule has 0 fully saturated rings. The van der Waals surface area contributed by atoms with E-state index < -0.39 is 5.97 Å². The van der Waals surface area contributed by atoms with E-state index >= 15 is 0 Å². The predicted molar refractivity (Wildman–Crippen MR) is 79.9 cm³/mol. The molecule has 106 valence electrons. The number of carbonyl (C=O) groups is 1. The average Bonchev–Trinajstić information content (AvgIpc) is 2.81. The molecule has 0 radical (unpaired) electrons. The fourth-order valence-electron chi connectivity index (χ4n) is 1.79. The van der Waals surface area contributed by atoms with Gasteiger partial charge in [-0.15, -0.1) is 0 Å². The van der Waals surface area contributed by atoms with Crippen molar-refractivity contribution in [3.8, 4) is 5.75 Å². The predicted octanol–water partition coefficient (Wildman–Crippen LogP) is 2.79. The zero-order valence-electron chi connectivity index (χ0n) is 11.3. The molecular weight excluding hydrogens is 324 g/mol. The van der Waals surface area contributed by atoms with Crippen LogP contribution in [0.4, 0.5) is 0 Å². The second kappa shape index (κ2) is 6.56. The molecule has 0 amide bonds. The number of hydrogen-bond acceptors (Lipinski definition) is 4. The Bertz CT molecular complexity index is 649. The van der Waals surface area contributed by atoms with Gasteiger partial charge >= 0.3 is 5.97 Å². The van der Waals surface area contributed by atoms with Crippen LogP contribution in [0.15, 0.2) is 36.2 Å². The van der Waals surface area contributed by atoms with Gasteiger partial charge in [0.15, 0.2) is 0 Å². The zero-order valence-corrected chi connectivity index (χ0v) is 12.9. The fraction of sp³-hybridized carbons (Fsp3) is 0.286. The van der Waals surface area contributed by atoms with E-state index in [9.17, 15) is 4.79 Å².